The van der Waals surface area contributed by atoms with Gasteiger partial charge in [-0.1, -0.05) is 23.7 Å². The lowest BCUT2D eigenvalue weighted by Crippen LogP contribution is -2.52. The van der Waals surface area contributed by atoms with E-state index in [2.05, 4.69) is 12.2 Å². The fraction of sp³-hybridized carbons (Fsp3) is 0.500. The van der Waals surface area contributed by atoms with Crippen LogP contribution in [-0.4, -0.2) is 36.5 Å². The minimum absolute atomic E-state index is 0.240. The summed E-state index contributed by atoms with van der Waals surface area (Å²) < 4.78 is 0. The molecule has 98 valence electrons. The van der Waals surface area contributed by atoms with E-state index in [4.69, 9.17) is 11.6 Å². The van der Waals surface area contributed by atoms with E-state index in [0.29, 0.717) is 12.5 Å². The van der Waals surface area contributed by atoms with E-state index < -0.39 is 0 Å². The Labute approximate surface area is 113 Å². The molecular formula is C14H19ClN2O. The van der Waals surface area contributed by atoms with Crippen LogP contribution < -0.4 is 5.32 Å². The number of halogens is 1. The van der Waals surface area contributed by atoms with Crippen molar-refractivity contribution in [2.45, 2.75) is 25.8 Å². The fourth-order valence-electron chi connectivity index (χ4n) is 2.30. The molecule has 1 heterocycles. The van der Waals surface area contributed by atoms with Crippen LogP contribution in [0.5, 0.6) is 0 Å². The molecule has 1 N–H and O–H groups in total. The smallest absolute Gasteiger partial charge is 0.223 e. The third-order valence-corrected chi connectivity index (χ3v) is 3.57. The lowest BCUT2D eigenvalue weighted by molar-refractivity contribution is -0.133. The van der Waals surface area contributed by atoms with Crippen molar-refractivity contribution in [2.75, 3.05) is 19.6 Å². The molecule has 0 aromatic heterocycles. The summed E-state index contributed by atoms with van der Waals surface area (Å²) in [5.41, 5.74) is 1.12. The topological polar surface area (TPSA) is 32.3 Å². The van der Waals surface area contributed by atoms with Gasteiger partial charge in [-0.05, 0) is 31.0 Å². The van der Waals surface area contributed by atoms with Gasteiger partial charge >= 0.3 is 0 Å². The van der Waals surface area contributed by atoms with Gasteiger partial charge in [-0.25, -0.2) is 0 Å². The van der Waals surface area contributed by atoms with E-state index in [1.165, 1.54) is 0 Å². The first kappa shape index (κ1) is 13.4. The van der Waals surface area contributed by atoms with Gasteiger partial charge < -0.3 is 10.2 Å². The predicted octanol–water partition coefficient (Wildman–Crippen LogP) is 2.09. The average Bonchev–Trinajstić information content (AvgIpc) is 2.37. The van der Waals surface area contributed by atoms with Gasteiger partial charge in [0.05, 0.1) is 0 Å². The molecule has 1 aromatic carbocycles. The molecule has 1 atom stereocenters. The standard InChI is InChI=1S/C14H19ClN2O/c1-11-10-16-7-8-17(11)14(18)6-5-12-3-2-4-13(15)9-12/h2-4,9,11,16H,5-8,10H2,1H3. The van der Waals surface area contributed by atoms with Crippen molar-refractivity contribution >= 4 is 17.5 Å². The molecule has 1 amide bonds. The Balaban J connectivity index is 1.88. The van der Waals surface area contributed by atoms with Gasteiger partial charge in [0.1, 0.15) is 0 Å². The van der Waals surface area contributed by atoms with E-state index in [0.717, 1.165) is 36.6 Å². The summed E-state index contributed by atoms with van der Waals surface area (Å²) in [6, 6.07) is 8.02. The van der Waals surface area contributed by atoms with Crippen molar-refractivity contribution in [3.63, 3.8) is 0 Å². The molecule has 1 fully saturated rings. The van der Waals surface area contributed by atoms with Crippen LogP contribution in [0.2, 0.25) is 5.02 Å². The Morgan fingerprint density at radius 2 is 2.39 bits per heavy atom. The molecule has 3 nitrogen and oxygen atoms in total. The Morgan fingerprint density at radius 3 is 3.11 bits per heavy atom. The summed E-state index contributed by atoms with van der Waals surface area (Å²) >= 11 is 5.93. The van der Waals surface area contributed by atoms with Gasteiger partial charge in [0, 0.05) is 37.1 Å². The number of carbonyl (C=O) groups excluding carboxylic acids is 1. The summed E-state index contributed by atoms with van der Waals surface area (Å²) in [5.74, 6) is 0.240. The Bertz CT molecular complexity index is 422. The van der Waals surface area contributed by atoms with Crippen molar-refractivity contribution in [3.05, 3.63) is 34.9 Å². The zero-order valence-corrected chi connectivity index (χ0v) is 11.4. The van der Waals surface area contributed by atoms with Gasteiger partial charge in [-0.3, -0.25) is 4.79 Å². The Hall–Kier alpha value is -1.06. The molecule has 1 saturated heterocycles. The number of rotatable bonds is 3. The third-order valence-electron chi connectivity index (χ3n) is 3.34. The fourth-order valence-corrected chi connectivity index (χ4v) is 2.51. The van der Waals surface area contributed by atoms with Crippen LogP contribution in [0.25, 0.3) is 0 Å². The zero-order valence-electron chi connectivity index (χ0n) is 10.7. The van der Waals surface area contributed by atoms with E-state index in [1.807, 2.05) is 29.2 Å². The lowest BCUT2D eigenvalue weighted by Gasteiger charge is -2.34. The number of hydrogen-bond acceptors (Lipinski definition) is 2. The molecule has 0 radical (unpaired) electrons. The maximum atomic E-state index is 12.1. The quantitative estimate of drug-likeness (QED) is 0.909. The second kappa shape index (κ2) is 6.21. The van der Waals surface area contributed by atoms with Crippen LogP contribution in [0.3, 0.4) is 0 Å². The minimum Gasteiger partial charge on any atom is -0.337 e. The molecule has 1 unspecified atom stereocenters. The molecule has 1 aliphatic rings. The van der Waals surface area contributed by atoms with Crippen molar-refractivity contribution in [1.82, 2.24) is 10.2 Å². The monoisotopic (exact) mass is 266 g/mol. The van der Waals surface area contributed by atoms with Crippen LogP contribution in [0.15, 0.2) is 24.3 Å². The van der Waals surface area contributed by atoms with Crippen molar-refractivity contribution in [1.29, 1.82) is 0 Å². The van der Waals surface area contributed by atoms with E-state index in [1.54, 1.807) is 0 Å². The Morgan fingerprint density at radius 1 is 1.56 bits per heavy atom. The van der Waals surface area contributed by atoms with Gasteiger partial charge in [-0.15, -0.1) is 0 Å². The van der Waals surface area contributed by atoms with Crippen LogP contribution >= 0.6 is 11.6 Å². The molecule has 2 rings (SSSR count). The SMILES string of the molecule is CC1CNCCN1C(=O)CCc1cccc(Cl)c1. The molecule has 1 aromatic rings. The first-order valence-electron chi connectivity index (χ1n) is 6.41. The van der Waals surface area contributed by atoms with Crippen LogP contribution in [0.4, 0.5) is 0 Å². The number of benzene rings is 1. The molecule has 0 saturated carbocycles. The summed E-state index contributed by atoms with van der Waals surface area (Å²) in [7, 11) is 0. The molecule has 0 aliphatic carbocycles. The lowest BCUT2D eigenvalue weighted by atomic mass is 10.1. The van der Waals surface area contributed by atoms with E-state index in [9.17, 15) is 4.79 Å². The van der Waals surface area contributed by atoms with E-state index in [-0.39, 0.29) is 5.91 Å². The molecule has 18 heavy (non-hydrogen) atoms. The highest BCUT2D eigenvalue weighted by Gasteiger charge is 2.22. The second-order valence-electron chi connectivity index (χ2n) is 4.77. The molecule has 0 spiro atoms. The zero-order chi connectivity index (χ0) is 13.0. The number of piperazine rings is 1. The number of aryl methyl sites for hydroxylation is 1. The number of nitrogens with one attached hydrogen (secondary N) is 1. The summed E-state index contributed by atoms with van der Waals surface area (Å²) in [4.78, 5) is 14.1. The van der Waals surface area contributed by atoms with Gasteiger partial charge in [-0.2, -0.15) is 0 Å². The van der Waals surface area contributed by atoms with Crippen LogP contribution in [-0.2, 0) is 11.2 Å². The normalized spacial score (nSPS) is 19.9. The molecular weight excluding hydrogens is 248 g/mol. The van der Waals surface area contributed by atoms with E-state index >= 15 is 0 Å². The number of hydrogen-bond donors (Lipinski definition) is 1. The van der Waals surface area contributed by atoms with Crippen molar-refractivity contribution < 1.29 is 4.79 Å². The largest absolute Gasteiger partial charge is 0.337 e. The molecule has 1 aliphatic heterocycles. The highest BCUT2D eigenvalue weighted by Crippen LogP contribution is 2.13. The van der Waals surface area contributed by atoms with Crippen molar-refractivity contribution in [2.24, 2.45) is 0 Å². The predicted molar refractivity (Wildman–Crippen MR) is 73.8 cm³/mol. The van der Waals surface area contributed by atoms with Crippen molar-refractivity contribution in [3.8, 4) is 0 Å². The summed E-state index contributed by atoms with van der Waals surface area (Å²) in [5, 5.41) is 4.02. The maximum absolute atomic E-state index is 12.1. The highest BCUT2D eigenvalue weighted by molar-refractivity contribution is 6.30. The minimum atomic E-state index is 0.240. The molecule has 4 heteroatoms. The first-order valence-corrected chi connectivity index (χ1v) is 6.79. The maximum Gasteiger partial charge on any atom is 0.223 e. The van der Waals surface area contributed by atoms with Crippen LogP contribution in [0, 0.1) is 0 Å². The second-order valence-corrected chi connectivity index (χ2v) is 5.21. The highest BCUT2D eigenvalue weighted by atomic mass is 35.5. The van der Waals surface area contributed by atoms with Gasteiger partial charge in [0.2, 0.25) is 5.91 Å². The number of amides is 1. The summed E-state index contributed by atoms with van der Waals surface area (Å²) in [6.07, 6.45) is 1.32. The molecule has 0 bridgehead atoms. The van der Waals surface area contributed by atoms with Gasteiger partial charge in [0.15, 0.2) is 0 Å². The number of nitrogens with zero attached hydrogens (tertiary/aromatic N) is 1. The average molecular weight is 267 g/mol. The Kier molecular flexibility index (Phi) is 4.61. The number of carbonyl (C=O) groups is 1. The summed E-state index contributed by atoms with van der Waals surface area (Å²) in [6.45, 7) is 4.69. The van der Waals surface area contributed by atoms with Gasteiger partial charge in [0.25, 0.3) is 0 Å². The first-order chi connectivity index (χ1) is 8.66. The van der Waals surface area contributed by atoms with Crippen LogP contribution in [0.1, 0.15) is 18.9 Å². The third kappa shape index (κ3) is 3.47.